The molecule has 0 heterocycles. The van der Waals surface area contributed by atoms with E-state index >= 15 is 0 Å². The molecule has 0 aliphatic rings. The number of nitrogens with two attached hydrogens (primary N) is 1. The van der Waals surface area contributed by atoms with E-state index in [1.165, 1.54) is 10.5 Å². The fourth-order valence-corrected chi connectivity index (χ4v) is 3.00. The minimum atomic E-state index is 0.775. The lowest BCUT2D eigenvalue weighted by molar-refractivity contribution is 0.399. The molecular weight excluding hydrogens is 272 g/mol. The lowest BCUT2D eigenvalue weighted by Gasteiger charge is -2.14. The summed E-state index contributed by atoms with van der Waals surface area (Å²) in [6.45, 7) is 0.924. The van der Waals surface area contributed by atoms with E-state index in [9.17, 15) is 0 Å². The largest absolute Gasteiger partial charge is 0.398 e. The SMILES string of the molecule is CN(C)Cc1ccccc1Sc1ccc(S)cc1N. The summed E-state index contributed by atoms with van der Waals surface area (Å²) >= 11 is 6.00. The van der Waals surface area contributed by atoms with Crippen LogP contribution in [-0.4, -0.2) is 19.0 Å². The van der Waals surface area contributed by atoms with Gasteiger partial charge in [-0.3, -0.25) is 0 Å². The third-order valence-electron chi connectivity index (χ3n) is 2.67. The molecule has 0 saturated carbocycles. The van der Waals surface area contributed by atoms with Crippen molar-refractivity contribution < 1.29 is 0 Å². The minimum Gasteiger partial charge on any atom is -0.398 e. The molecule has 2 N–H and O–H groups in total. The molecule has 0 unspecified atom stereocenters. The number of nitrogen functional groups attached to an aromatic ring is 1. The van der Waals surface area contributed by atoms with Crippen LogP contribution in [0.2, 0.25) is 0 Å². The average Bonchev–Trinajstić information content (AvgIpc) is 2.34. The summed E-state index contributed by atoms with van der Waals surface area (Å²) in [6, 6.07) is 14.3. The van der Waals surface area contributed by atoms with Crippen molar-refractivity contribution in [2.75, 3.05) is 19.8 Å². The van der Waals surface area contributed by atoms with Crippen LogP contribution >= 0.6 is 24.4 Å². The Hall–Kier alpha value is -1.10. The van der Waals surface area contributed by atoms with Crippen LogP contribution in [0.4, 0.5) is 5.69 Å². The van der Waals surface area contributed by atoms with E-state index < -0.39 is 0 Å². The van der Waals surface area contributed by atoms with Gasteiger partial charge in [0.05, 0.1) is 0 Å². The Morgan fingerprint density at radius 1 is 1.11 bits per heavy atom. The summed E-state index contributed by atoms with van der Waals surface area (Å²) in [6.07, 6.45) is 0. The predicted molar refractivity (Wildman–Crippen MR) is 86.1 cm³/mol. The van der Waals surface area contributed by atoms with Crippen molar-refractivity contribution in [2.45, 2.75) is 21.2 Å². The van der Waals surface area contributed by atoms with Crippen molar-refractivity contribution in [3.05, 3.63) is 48.0 Å². The molecule has 19 heavy (non-hydrogen) atoms. The van der Waals surface area contributed by atoms with Crippen molar-refractivity contribution in [1.82, 2.24) is 4.90 Å². The zero-order chi connectivity index (χ0) is 13.8. The number of nitrogens with zero attached hydrogens (tertiary/aromatic N) is 1. The van der Waals surface area contributed by atoms with E-state index in [4.69, 9.17) is 5.73 Å². The Bertz CT molecular complexity index is 568. The van der Waals surface area contributed by atoms with E-state index in [2.05, 4.69) is 55.9 Å². The molecule has 0 aliphatic carbocycles. The highest BCUT2D eigenvalue weighted by atomic mass is 32.2. The summed E-state index contributed by atoms with van der Waals surface area (Å²) in [4.78, 5) is 5.38. The van der Waals surface area contributed by atoms with Crippen LogP contribution in [0.1, 0.15) is 5.56 Å². The number of benzene rings is 2. The first-order valence-electron chi connectivity index (χ1n) is 6.05. The Labute approximate surface area is 124 Å². The maximum absolute atomic E-state index is 6.04. The van der Waals surface area contributed by atoms with E-state index in [0.29, 0.717) is 0 Å². The summed E-state index contributed by atoms with van der Waals surface area (Å²) in [7, 11) is 4.15. The maximum Gasteiger partial charge on any atom is 0.0467 e. The van der Waals surface area contributed by atoms with E-state index in [0.717, 1.165) is 22.0 Å². The van der Waals surface area contributed by atoms with Gasteiger partial charge in [0.2, 0.25) is 0 Å². The summed E-state index contributed by atoms with van der Waals surface area (Å²) < 4.78 is 0. The molecule has 0 saturated heterocycles. The fourth-order valence-electron chi connectivity index (χ4n) is 1.82. The average molecular weight is 290 g/mol. The molecule has 0 aliphatic heterocycles. The Balaban J connectivity index is 2.27. The van der Waals surface area contributed by atoms with Crippen molar-refractivity contribution in [3.63, 3.8) is 0 Å². The van der Waals surface area contributed by atoms with Crippen LogP contribution in [-0.2, 0) is 6.54 Å². The van der Waals surface area contributed by atoms with Crippen LogP contribution in [0.15, 0.2) is 57.2 Å². The van der Waals surface area contributed by atoms with Crippen LogP contribution in [0, 0.1) is 0 Å². The van der Waals surface area contributed by atoms with Gasteiger partial charge in [0.1, 0.15) is 0 Å². The highest BCUT2D eigenvalue weighted by Crippen LogP contribution is 2.35. The molecule has 0 atom stereocenters. The molecule has 0 radical (unpaired) electrons. The molecular formula is C15H18N2S2. The van der Waals surface area contributed by atoms with Crippen molar-refractivity contribution in [1.29, 1.82) is 0 Å². The number of anilines is 1. The Morgan fingerprint density at radius 2 is 1.84 bits per heavy atom. The first kappa shape index (κ1) is 14.3. The van der Waals surface area contributed by atoms with Gasteiger partial charge >= 0.3 is 0 Å². The molecule has 0 aromatic heterocycles. The van der Waals surface area contributed by atoms with Crippen molar-refractivity contribution in [3.8, 4) is 0 Å². The van der Waals surface area contributed by atoms with Crippen molar-refractivity contribution in [2.24, 2.45) is 0 Å². The number of thiol groups is 1. The molecule has 0 amide bonds. The van der Waals surface area contributed by atoms with Gasteiger partial charge in [0.25, 0.3) is 0 Å². The minimum absolute atomic E-state index is 0.775. The molecule has 0 spiro atoms. The number of hydrogen-bond acceptors (Lipinski definition) is 4. The summed E-state index contributed by atoms with van der Waals surface area (Å²) in [5.74, 6) is 0. The molecule has 0 fully saturated rings. The standard InChI is InChI=1S/C15H18N2S2/c1-17(2)10-11-5-3-4-6-14(11)19-15-8-7-12(18)9-13(15)16/h3-9,18H,10,16H2,1-2H3. The van der Waals surface area contributed by atoms with Crippen LogP contribution in [0.25, 0.3) is 0 Å². The van der Waals surface area contributed by atoms with Gasteiger partial charge in [0.15, 0.2) is 0 Å². The first-order valence-corrected chi connectivity index (χ1v) is 7.31. The highest BCUT2D eigenvalue weighted by Gasteiger charge is 2.07. The Morgan fingerprint density at radius 3 is 2.53 bits per heavy atom. The lowest BCUT2D eigenvalue weighted by atomic mass is 10.2. The first-order chi connectivity index (χ1) is 9.06. The normalized spacial score (nSPS) is 10.9. The van der Waals surface area contributed by atoms with Gasteiger partial charge in [-0.1, -0.05) is 30.0 Å². The summed E-state index contributed by atoms with van der Waals surface area (Å²) in [5.41, 5.74) is 8.13. The number of hydrogen-bond donors (Lipinski definition) is 2. The van der Waals surface area contributed by atoms with Gasteiger partial charge in [-0.05, 0) is 43.9 Å². The van der Waals surface area contributed by atoms with Gasteiger partial charge in [-0.15, -0.1) is 12.6 Å². The highest BCUT2D eigenvalue weighted by molar-refractivity contribution is 7.99. The molecule has 2 aromatic rings. The smallest absolute Gasteiger partial charge is 0.0467 e. The third kappa shape index (κ3) is 3.93. The van der Waals surface area contributed by atoms with Gasteiger partial charge in [0, 0.05) is 26.9 Å². The second-order valence-corrected chi connectivity index (χ2v) is 6.27. The van der Waals surface area contributed by atoms with E-state index in [1.54, 1.807) is 11.8 Å². The fraction of sp³-hybridized carbons (Fsp3) is 0.200. The summed E-state index contributed by atoms with van der Waals surface area (Å²) in [5, 5.41) is 0. The zero-order valence-electron chi connectivity index (χ0n) is 11.1. The molecule has 2 nitrogen and oxygen atoms in total. The monoisotopic (exact) mass is 290 g/mol. The molecule has 100 valence electrons. The second-order valence-electron chi connectivity index (χ2n) is 4.67. The van der Waals surface area contributed by atoms with Gasteiger partial charge in [-0.2, -0.15) is 0 Å². The third-order valence-corrected chi connectivity index (χ3v) is 4.16. The molecule has 4 heteroatoms. The maximum atomic E-state index is 6.04. The topological polar surface area (TPSA) is 29.3 Å². The van der Waals surface area contributed by atoms with Crippen molar-refractivity contribution >= 4 is 30.1 Å². The van der Waals surface area contributed by atoms with E-state index in [-0.39, 0.29) is 0 Å². The molecule has 0 bridgehead atoms. The second kappa shape index (κ2) is 6.37. The van der Waals surface area contributed by atoms with E-state index in [1.807, 2.05) is 18.2 Å². The van der Waals surface area contributed by atoms with Crippen LogP contribution in [0.3, 0.4) is 0 Å². The number of rotatable bonds is 4. The van der Waals surface area contributed by atoms with Crippen LogP contribution < -0.4 is 5.73 Å². The quantitative estimate of drug-likeness (QED) is 0.663. The molecule has 2 aromatic carbocycles. The van der Waals surface area contributed by atoms with Gasteiger partial charge in [-0.25, -0.2) is 0 Å². The zero-order valence-corrected chi connectivity index (χ0v) is 12.8. The van der Waals surface area contributed by atoms with Gasteiger partial charge < -0.3 is 10.6 Å². The Kier molecular flexibility index (Phi) is 4.80. The molecule has 2 rings (SSSR count). The lowest BCUT2D eigenvalue weighted by Crippen LogP contribution is -2.11. The van der Waals surface area contributed by atoms with Crippen LogP contribution in [0.5, 0.6) is 0 Å². The predicted octanol–water partition coefficient (Wildman–Crippen LogP) is 3.77.